The number of rotatable bonds is 10. The van der Waals surface area contributed by atoms with Crippen molar-refractivity contribution >= 4 is 5.69 Å². The fourth-order valence-corrected chi connectivity index (χ4v) is 2.82. The molecule has 0 spiro atoms. The van der Waals surface area contributed by atoms with Gasteiger partial charge in [-0.05, 0) is 44.5 Å². The fourth-order valence-electron chi connectivity index (χ4n) is 2.82. The maximum absolute atomic E-state index is 9.62. The maximum atomic E-state index is 9.62. The zero-order valence-electron chi connectivity index (χ0n) is 15.9. The van der Waals surface area contributed by atoms with Crippen LogP contribution in [0, 0.1) is 11.3 Å². The fraction of sp³-hybridized carbons (Fsp3) is 0.429. The van der Waals surface area contributed by atoms with Gasteiger partial charge in [-0.2, -0.15) is 5.26 Å². The number of aromatic nitrogens is 1. The van der Waals surface area contributed by atoms with Crippen LogP contribution in [-0.4, -0.2) is 37.9 Å². The number of hydrogen-bond acceptors (Lipinski definition) is 5. The van der Waals surface area contributed by atoms with E-state index in [1.165, 1.54) is 5.69 Å². The topological polar surface area (TPSA) is 58.4 Å². The Labute approximate surface area is 156 Å². The molecule has 0 atom stereocenters. The molecular formula is C21H27N3O2. The van der Waals surface area contributed by atoms with Crippen LogP contribution in [0.5, 0.6) is 5.88 Å². The van der Waals surface area contributed by atoms with Gasteiger partial charge >= 0.3 is 0 Å². The van der Waals surface area contributed by atoms with E-state index >= 15 is 0 Å². The molecule has 0 saturated heterocycles. The highest BCUT2D eigenvalue weighted by Crippen LogP contribution is 2.30. The Morgan fingerprint density at radius 3 is 2.38 bits per heavy atom. The van der Waals surface area contributed by atoms with Gasteiger partial charge in [0.1, 0.15) is 11.6 Å². The normalized spacial score (nSPS) is 10.4. The minimum Gasteiger partial charge on any atom is -0.477 e. The molecule has 0 unspecified atom stereocenters. The van der Waals surface area contributed by atoms with Gasteiger partial charge in [0.15, 0.2) is 0 Å². The molecule has 5 nitrogen and oxygen atoms in total. The lowest BCUT2D eigenvalue weighted by Gasteiger charge is -2.21. The first-order valence-corrected chi connectivity index (χ1v) is 9.20. The average Bonchev–Trinajstić information content (AvgIpc) is 2.69. The summed E-state index contributed by atoms with van der Waals surface area (Å²) in [6.07, 6.45) is 2.45. The minimum absolute atomic E-state index is 0.384. The molecular weight excluding hydrogens is 326 g/mol. The van der Waals surface area contributed by atoms with Crippen molar-refractivity contribution in [2.45, 2.75) is 27.2 Å². The van der Waals surface area contributed by atoms with Gasteiger partial charge in [-0.1, -0.05) is 12.1 Å². The van der Waals surface area contributed by atoms with Gasteiger partial charge in [-0.15, -0.1) is 0 Å². The monoisotopic (exact) mass is 353 g/mol. The second-order valence-electron chi connectivity index (χ2n) is 5.77. The van der Waals surface area contributed by atoms with Crippen LogP contribution in [0.15, 0.2) is 36.5 Å². The number of pyridine rings is 1. The molecule has 0 amide bonds. The van der Waals surface area contributed by atoms with Crippen LogP contribution in [-0.2, 0) is 4.74 Å². The van der Waals surface area contributed by atoms with Crippen molar-refractivity contribution in [1.29, 1.82) is 5.26 Å². The zero-order valence-corrected chi connectivity index (χ0v) is 15.9. The SMILES string of the molecule is CCOCCCOc1nccc(-c2ccc(N(CC)CC)cc2)c1C#N. The van der Waals surface area contributed by atoms with E-state index in [9.17, 15) is 5.26 Å². The first kappa shape index (κ1) is 19.7. The van der Waals surface area contributed by atoms with E-state index in [0.29, 0.717) is 31.3 Å². The lowest BCUT2D eigenvalue weighted by Crippen LogP contribution is -2.21. The van der Waals surface area contributed by atoms with Crippen molar-refractivity contribution in [1.82, 2.24) is 4.98 Å². The molecule has 0 saturated carbocycles. The van der Waals surface area contributed by atoms with E-state index in [0.717, 1.165) is 30.6 Å². The van der Waals surface area contributed by atoms with Crippen LogP contribution < -0.4 is 9.64 Å². The summed E-state index contributed by atoms with van der Waals surface area (Å²) >= 11 is 0. The molecule has 5 heteroatoms. The lowest BCUT2D eigenvalue weighted by molar-refractivity contribution is 0.130. The lowest BCUT2D eigenvalue weighted by atomic mass is 10.0. The third-order valence-corrected chi connectivity index (χ3v) is 4.21. The Bertz CT molecular complexity index is 719. The minimum atomic E-state index is 0.384. The number of nitriles is 1. The molecule has 1 heterocycles. The van der Waals surface area contributed by atoms with Crippen molar-refractivity contribution in [3.8, 4) is 23.1 Å². The van der Waals surface area contributed by atoms with Crippen LogP contribution in [0.3, 0.4) is 0 Å². The van der Waals surface area contributed by atoms with Crippen LogP contribution in [0.4, 0.5) is 5.69 Å². The predicted molar refractivity (Wildman–Crippen MR) is 105 cm³/mol. The number of ether oxygens (including phenoxy) is 2. The Kier molecular flexibility index (Phi) is 7.91. The van der Waals surface area contributed by atoms with Gasteiger partial charge < -0.3 is 14.4 Å². The van der Waals surface area contributed by atoms with Crippen LogP contribution in [0.2, 0.25) is 0 Å². The molecule has 1 aromatic heterocycles. The molecule has 0 N–H and O–H groups in total. The Morgan fingerprint density at radius 1 is 1.04 bits per heavy atom. The predicted octanol–water partition coefficient (Wildman–Crippen LogP) is 4.27. The number of benzene rings is 1. The van der Waals surface area contributed by atoms with Crippen LogP contribution in [0.25, 0.3) is 11.1 Å². The second kappa shape index (κ2) is 10.4. The summed E-state index contributed by atoms with van der Waals surface area (Å²) < 4.78 is 11.0. The third-order valence-electron chi connectivity index (χ3n) is 4.21. The average molecular weight is 353 g/mol. The summed E-state index contributed by atoms with van der Waals surface area (Å²) in [4.78, 5) is 6.52. The summed E-state index contributed by atoms with van der Waals surface area (Å²) in [5.41, 5.74) is 3.48. The van der Waals surface area contributed by atoms with Crippen molar-refractivity contribution in [3.63, 3.8) is 0 Å². The maximum Gasteiger partial charge on any atom is 0.232 e. The summed E-state index contributed by atoms with van der Waals surface area (Å²) in [6.45, 7) is 10.00. The number of nitrogens with zero attached hydrogens (tertiary/aromatic N) is 3. The largest absolute Gasteiger partial charge is 0.477 e. The Morgan fingerprint density at radius 2 is 1.77 bits per heavy atom. The summed E-state index contributed by atoms with van der Waals surface area (Å²) in [5.74, 6) is 0.384. The molecule has 0 fully saturated rings. The molecule has 2 aromatic rings. The highest BCUT2D eigenvalue weighted by molar-refractivity contribution is 5.73. The molecule has 0 radical (unpaired) electrons. The van der Waals surface area contributed by atoms with E-state index in [2.05, 4.69) is 41.9 Å². The molecule has 26 heavy (non-hydrogen) atoms. The molecule has 1 aromatic carbocycles. The Hall–Kier alpha value is -2.58. The smallest absolute Gasteiger partial charge is 0.232 e. The van der Waals surface area contributed by atoms with Gasteiger partial charge in [0.25, 0.3) is 0 Å². The summed E-state index contributed by atoms with van der Waals surface area (Å²) in [5, 5.41) is 9.62. The zero-order chi connectivity index (χ0) is 18.8. The third kappa shape index (κ3) is 4.96. The second-order valence-corrected chi connectivity index (χ2v) is 5.77. The van der Waals surface area contributed by atoms with Crippen molar-refractivity contribution in [2.24, 2.45) is 0 Å². The first-order valence-electron chi connectivity index (χ1n) is 9.20. The number of anilines is 1. The molecule has 0 aliphatic heterocycles. The van der Waals surface area contributed by atoms with Crippen molar-refractivity contribution in [2.75, 3.05) is 37.8 Å². The van der Waals surface area contributed by atoms with Crippen molar-refractivity contribution in [3.05, 3.63) is 42.1 Å². The summed E-state index contributed by atoms with van der Waals surface area (Å²) in [7, 11) is 0. The number of hydrogen-bond donors (Lipinski definition) is 0. The quantitative estimate of drug-likeness (QED) is 0.597. The Balaban J connectivity index is 2.19. The molecule has 2 rings (SSSR count). The molecule has 0 aliphatic rings. The van der Waals surface area contributed by atoms with E-state index < -0.39 is 0 Å². The highest BCUT2D eigenvalue weighted by Gasteiger charge is 2.13. The van der Waals surface area contributed by atoms with E-state index in [1.807, 2.05) is 25.1 Å². The molecule has 0 aliphatic carbocycles. The highest BCUT2D eigenvalue weighted by atomic mass is 16.5. The van der Waals surface area contributed by atoms with Gasteiger partial charge in [0, 0.05) is 50.2 Å². The van der Waals surface area contributed by atoms with E-state index in [1.54, 1.807) is 6.20 Å². The van der Waals surface area contributed by atoms with Gasteiger partial charge in [-0.3, -0.25) is 0 Å². The standard InChI is InChI=1S/C21H27N3O2/c1-4-24(5-2)18-10-8-17(9-11-18)19-12-13-23-21(20(19)16-22)26-15-7-14-25-6-3/h8-13H,4-7,14-15H2,1-3H3. The van der Waals surface area contributed by atoms with Crippen LogP contribution >= 0.6 is 0 Å². The molecule has 138 valence electrons. The van der Waals surface area contributed by atoms with Gasteiger partial charge in [0.2, 0.25) is 5.88 Å². The first-order chi connectivity index (χ1) is 12.7. The summed E-state index contributed by atoms with van der Waals surface area (Å²) in [6, 6.07) is 12.4. The van der Waals surface area contributed by atoms with Crippen LogP contribution in [0.1, 0.15) is 32.8 Å². The van der Waals surface area contributed by atoms with Gasteiger partial charge in [-0.25, -0.2) is 4.98 Å². The van der Waals surface area contributed by atoms with Gasteiger partial charge in [0.05, 0.1) is 6.61 Å². The molecule has 0 bridgehead atoms. The van der Waals surface area contributed by atoms with Crippen molar-refractivity contribution < 1.29 is 9.47 Å². The van der Waals surface area contributed by atoms with E-state index in [-0.39, 0.29) is 0 Å². The van der Waals surface area contributed by atoms with E-state index in [4.69, 9.17) is 9.47 Å².